The Morgan fingerprint density at radius 2 is 1.68 bits per heavy atom. The molecule has 0 spiro atoms. The molecule has 31 heavy (non-hydrogen) atoms. The van der Waals surface area contributed by atoms with Gasteiger partial charge in [0.2, 0.25) is 0 Å². The Labute approximate surface area is 186 Å². The van der Waals surface area contributed by atoms with E-state index < -0.39 is 0 Å². The second kappa shape index (κ2) is 8.33. The van der Waals surface area contributed by atoms with Crippen molar-refractivity contribution in [1.82, 2.24) is 20.3 Å². The molecule has 0 bridgehead atoms. The van der Waals surface area contributed by atoms with Gasteiger partial charge in [0.1, 0.15) is 22.2 Å². The molecule has 6 heterocycles. The van der Waals surface area contributed by atoms with Gasteiger partial charge in [0.25, 0.3) is 0 Å². The van der Waals surface area contributed by atoms with Gasteiger partial charge in [-0.15, -0.1) is 11.3 Å². The lowest BCUT2D eigenvalue weighted by Gasteiger charge is -2.37. The van der Waals surface area contributed by atoms with Gasteiger partial charge in [-0.2, -0.15) is 0 Å². The van der Waals surface area contributed by atoms with Gasteiger partial charge < -0.3 is 19.9 Å². The van der Waals surface area contributed by atoms with Crippen LogP contribution in [0.2, 0.25) is 0 Å². The van der Waals surface area contributed by atoms with Crippen LogP contribution in [0.1, 0.15) is 25.7 Å². The highest BCUT2D eigenvalue weighted by molar-refractivity contribution is 7.21. The first-order valence-electron chi connectivity index (χ1n) is 11.4. The number of hydrogen-bond donors (Lipinski definition) is 1. The first-order chi connectivity index (χ1) is 15.3. The van der Waals surface area contributed by atoms with Crippen molar-refractivity contribution in [1.29, 1.82) is 0 Å². The Hall–Kier alpha value is -2.29. The monoisotopic (exact) mass is 436 g/mol. The molecule has 0 radical (unpaired) electrons. The predicted molar refractivity (Wildman–Crippen MR) is 125 cm³/mol. The van der Waals surface area contributed by atoms with Crippen LogP contribution in [-0.2, 0) is 4.74 Å². The van der Waals surface area contributed by atoms with E-state index in [-0.39, 0.29) is 0 Å². The lowest BCUT2D eigenvalue weighted by molar-refractivity contribution is -0.0111. The van der Waals surface area contributed by atoms with Crippen LogP contribution in [0.3, 0.4) is 0 Å². The highest BCUT2D eigenvalue weighted by atomic mass is 32.1. The lowest BCUT2D eigenvalue weighted by atomic mass is 10.0. The standard InChI is InChI=1S/C23H28N6OS/c1-2-8-28(7-1)21-4-3-16(12-24-21)23-27-19-13-25-22(11-20(19)31-23)29-9-5-17(6-10-29)26-18-14-30-15-18/h3-4,11-13,17-18,26H,1-2,5-10,14-15H2. The van der Waals surface area contributed by atoms with E-state index in [1.54, 1.807) is 11.3 Å². The van der Waals surface area contributed by atoms with Gasteiger partial charge in [-0.1, -0.05) is 0 Å². The first kappa shape index (κ1) is 19.4. The van der Waals surface area contributed by atoms with Crippen LogP contribution in [0.15, 0.2) is 30.6 Å². The van der Waals surface area contributed by atoms with E-state index in [2.05, 4.69) is 33.3 Å². The van der Waals surface area contributed by atoms with Crippen LogP contribution in [0.4, 0.5) is 11.6 Å². The number of pyridine rings is 2. The Balaban J connectivity index is 1.15. The third kappa shape index (κ3) is 4.00. The fraction of sp³-hybridized carbons (Fsp3) is 0.522. The van der Waals surface area contributed by atoms with E-state index in [1.807, 2.05) is 12.4 Å². The van der Waals surface area contributed by atoms with Gasteiger partial charge in [0.05, 0.1) is 30.2 Å². The summed E-state index contributed by atoms with van der Waals surface area (Å²) in [5.41, 5.74) is 2.05. The summed E-state index contributed by atoms with van der Waals surface area (Å²) in [6, 6.07) is 7.64. The third-order valence-electron chi connectivity index (χ3n) is 6.61. The predicted octanol–water partition coefficient (Wildman–Crippen LogP) is 3.31. The fourth-order valence-corrected chi connectivity index (χ4v) is 5.66. The smallest absolute Gasteiger partial charge is 0.130 e. The third-order valence-corrected chi connectivity index (χ3v) is 7.68. The molecule has 0 aliphatic carbocycles. The minimum absolute atomic E-state index is 0.556. The van der Waals surface area contributed by atoms with Crippen LogP contribution >= 0.6 is 11.3 Å². The molecule has 7 nitrogen and oxygen atoms in total. The topological polar surface area (TPSA) is 66.4 Å². The van der Waals surface area contributed by atoms with Crippen molar-refractivity contribution in [3.63, 3.8) is 0 Å². The molecule has 3 aliphatic heterocycles. The molecule has 0 aromatic carbocycles. The van der Waals surface area contributed by atoms with Crippen LogP contribution in [0.5, 0.6) is 0 Å². The Kier molecular flexibility index (Phi) is 5.21. The minimum atomic E-state index is 0.556. The SMILES string of the molecule is c1cc(N2CCCC2)ncc1-c1nc2cnc(N3CCC(NC4COC4)CC3)cc2s1. The number of fused-ring (bicyclic) bond motifs is 1. The maximum Gasteiger partial charge on any atom is 0.130 e. The number of aromatic nitrogens is 3. The minimum Gasteiger partial charge on any atom is -0.378 e. The molecule has 3 fully saturated rings. The van der Waals surface area contributed by atoms with E-state index in [1.165, 1.54) is 17.5 Å². The van der Waals surface area contributed by atoms with Gasteiger partial charge in [-0.25, -0.2) is 15.0 Å². The van der Waals surface area contributed by atoms with Crippen molar-refractivity contribution in [2.24, 2.45) is 0 Å². The Morgan fingerprint density at radius 1 is 0.903 bits per heavy atom. The number of ether oxygens (including phenoxy) is 1. The second-order valence-electron chi connectivity index (χ2n) is 8.79. The number of nitrogens with zero attached hydrogens (tertiary/aromatic N) is 5. The zero-order valence-corrected chi connectivity index (χ0v) is 18.5. The molecule has 3 aromatic heterocycles. The Bertz CT molecular complexity index is 1040. The maximum absolute atomic E-state index is 5.28. The summed E-state index contributed by atoms with van der Waals surface area (Å²) in [5, 5.41) is 4.73. The van der Waals surface area contributed by atoms with E-state index >= 15 is 0 Å². The molecule has 1 N–H and O–H groups in total. The second-order valence-corrected chi connectivity index (χ2v) is 9.82. The van der Waals surface area contributed by atoms with Gasteiger partial charge in [-0.05, 0) is 37.8 Å². The summed E-state index contributed by atoms with van der Waals surface area (Å²) in [4.78, 5) is 19.0. The van der Waals surface area contributed by atoms with Crippen LogP contribution in [-0.4, -0.2) is 66.4 Å². The molecule has 0 amide bonds. The number of thiazole rings is 1. The molecular formula is C23H28N6OS. The zero-order valence-electron chi connectivity index (χ0n) is 17.7. The van der Waals surface area contributed by atoms with Gasteiger partial charge in [0, 0.05) is 50.0 Å². The van der Waals surface area contributed by atoms with Gasteiger partial charge in [-0.3, -0.25) is 0 Å². The van der Waals surface area contributed by atoms with E-state index in [0.717, 1.165) is 80.0 Å². The molecule has 0 unspecified atom stereocenters. The lowest BCUT2D eigenvalue weighted by Crippen LogP contribution is -2.53. The highest BCUT2D eigenvalue weighted by Crippen LogP contribution is 2.32. The highest BCUT2D eigenvalue weighted by Gasteiger charge is 2.26. The maximum atomic E-state index is 5.28. The number of piperidine rings is 1. The summed E-state index contributed by atoms with van der Waals surface area (Å²) < 4.78 is 6.47. The molecule has 6 rings (SSSR count). The quantitative estimate of drug-likeness (QED) is 0.658. The number of nitrogens with one attached hydrogen (secondary N) is 1. The molecule has 0 saturated carbocycles. The summed E-state index contributed by atoms with van der Waals surface area (Å²) in [6.07, 6.45) is 8.72. The zero-order chi connectivity index (χ0) is 20.6. The first-order valence-corrected chi connectivity index (χ1v) is 12.2. The number of rotatable bonds is 5. The molecule has 3 aromatic rings. The van der Waals surface area contributed by atoms with E-state index in [4.69, 9.17) is 19.7 Å². The van der Waals surface area contributed by atoms with Crippen molar-refractivity contribution in [3.8, 4) is 10.6 Å². The average Bonchev–Trinajstić information content (AvgIpc) is 3.46. The summed E-state index contributed by atoms with van der Waals surface area (Å²) >= 11 is 1.73. The van der Waals surface area contributed by atoms with E-state index in [0.29, 0.717) is 12.1 Å². The average molecular weight is 437 g/mol. The molecule has 3 saturated heterocycles. The molecule has 8 heteroatoms. The normalized spacial score (nSPS) is 20.5. The van der Waals surface area contributed by atoms with Crippen molar-refractivity contribution < 1.29 is 4.74 Å². The number of hydrogen-bond acceptors (Lipinski definition) is 8. The van der Waals surface area contributed by atoms with E-state index in [9.17, 15) is 0 Å². The van der Waals surface area contributed by atoms with Crippen molar-refractivity contribution in [2.75, 3.05) is 49.2 Å². The molecular weight excluding hydrogens is 408 g/mol. The van der Waals surface area contributed by atoms with Crippen LogP contribution in [0.25, 0.3) is 20.8 Å². The number of anilines is 2. The van der Waals surface area contributed by atoms with Crippen molar-refractivity contribution >= 4 is 33.2 Å². The van der Waals surface area contributed by atoms with Crippen molar-refractivity contribution in [2.45, 2.75) is 37.8 Å². The summed E-state index contributed by atoms with van der Waals surface area (Å²) in [7, 11) is 0. The van der Waals surface area contributed by atoms with Gasteiger partial charge in [0.15, 0.2) is 0 Å². The van der Waals surface area contributed by atoms with Crippen LogP contribution in [0, 0.1) is 0 Å². The largest absolute Gasteiger partial charge is 0.378 e. The molecule has 0 atom stereocenters. The molecule has 3 aliphatic rings. The molecule has 162 valence electrons. The van der Waals surface area contributed by atoms with Gasteiger partial charge >= 0.3 is 0 Å². The Morgan fingerprint density at radius 3 is 2.39 bits per heavy atom. The van der Waals surface area contributed by atoms with Crippen LogP contribution < -0.4 is 15.1 Å². The summed E-state index contributed by atoms with van der Waals surface area (Å²) in [6.45, 7) is 6.04. The fourth-order valence-electron chi connectivity index (χ4n) is 4.70. The van der Waals surface area contributed by atoms with Crippen molar-refractivity contribution in [3.05, 3.63) is 30.6 Å². The summed E-state index contributed by atoms with van der Waals surface area (Å²) in [5.74, 6) is 2.14.